The first-order valence-corrected chi connectivity index (χ1v) is 13.2. The Morgan fingerprint density at radius 2 is 1.76 bits per heavy atom. The third-order valence-corrected chi connectivity index (χ3v) is 8.73. The number of thioether (sulfide) groups is 1. The molecule has 1 aromatic heterocycles. The van der Waals surface area contributed by atoms with Crippen molar-refractivity contribution in [3.63, 3.8) is 0 Å². The summed E-state index contributed by atoms with van der Waals surface area (Å²) >= 11 is 1.30. The number of carbonyl (C=O) groups is 1. The van der Waals surface area contributed by atoms with E-state index in [1.54, 1.807) is 12.1 Å². The molecule has 0 radical (unpaired) electrons. The molecule has 33 heavy (non-hydrogen) atoms. The molecule has 8 heteroatoms. The monoisotopic (exact) mass is 481 g/mol. The zero-order chi connectivity index (χ0) is 23.4. The first-order chi connectivity index (χ1) is 15.8. The van der Waals surface area contributed by atoms with Gasteiger partial charge < -0.3 is 5.32 Å². The molecule has 4 rings (SSSR count). The molecule has 1 aliphatic rings. The largest absolute Gasteiger partial charge is 0.325 e. The summed E-state index contributed by atoms with van der Waals surface area (Å²) in [5.41, 5.74) is 3.68. The first-order valence-electron chi connectivity index (χ1n) is 10.9. The molecule has 172 valence electrons. The van der Waals surface area contributed by atoms with E-state index in [9.17, 15) is 13.2 Å². The number of carbonyl (C=O) groups excluding carboxylic acids is 1. The van der Waals surface area contributed by atoms with Gasteiger partial charge in [-0.05, 0) is 61.6 Å². The Morgan fingerprint density at radius 3 is 2.42 bits per heavy atom. The lowest BCUT2D eigenvalue weighted by Crippen LogP contribution is -2.27. The van der Waals surface area contributed by atoms with Crippen molar-refractivity contribution in [3.8, 4) is 0 Å². The number of pyridine rings is 1. The van der Waals surface area contributed by atoms with E-state index in [1.165, 1.54) is 22.3 Å². The predicted molar refractivity (Wildman–Crippen MR) is 132 cm³/mol. The van der Waals surface area contributed by atoms with Crippen LogP contribution in [0.4, 0.5) is 5.69 Å². The van der Waals surface area contributed by atoms with Crippen LogP contribution in [0.1, 0.15) is 34.8 Å². The quantitative estimate of drug-likeness (QED) is 0.483. The summed E-state index contributed by atoms with van der Waals surface area (Å²) < 4.78 is 27.1. The SMILES string of the molecule is Cc1ccc(C)c(NC(=O)[C@@H](Sc2ccc(S(=O)(=O)N3CCCC3)cn2)c2ccccc2)c1. The minimum absolute atomic E-state index is 0.157. The van der Waals surface area contributed by atoms with Gasteiger partial charge in [0.15, 0.2) is 0 Å². The Hall–Kier alpha value is -2.68. The van der Waals surface area contributed by atoms with E-state index in [0.717, 1.165) is 35.2 Å². The predicted octanol–water partition coefficient (Wildman–Crippen LogP) is 4.96. The fourth-order valence-electron chi connectivity index (χ4n) is 3.76. The number of hydrogen-bond donors (Lipinski definition) is 1. The van der Waals surface area contributed by atoms with Gasteiger partial charge in [-0.1, -0.05) is 54.2 Å². The van der Waals surface area contributed by atoms with Gasteiger partial charge in [-0.25, -0.2) is 13.4 Å². The van der Waals surface area contributed by atoms with Crippen LogP contribution >= 0.6 is 11.8 Å². The zero-order valence-corrected chi connectivity index (χ0v) is 20.3. The van der Waals surface area contributed by atoms with E-state index in [1.807, 2.05) is 62.4 Å². The Morgan fingerprint density at radius 1 is 1.03 bits per heavy atom. The molecule has 0 bridgehead atoms. The molecule has 0 unspecified atom stereocenters. The van der Waals surface area contributed by atoms with Crippen LogP contribution < -0.4 is 5.32 Å². The van der Waals surface area contributed by atoms with Crippen molar-refractivity contribution in [2.24, 2.45) is 0 Å². The minimum atomic E-state index is -3.52. The van der Waals surface area contributed by atoms with Crippen LogP contribution in [0.3, 0.4) is 0 Å². The average Bonchev–Trinajstić information content (AvgIpc) is 3.37. The lowest BCUT2D eigenvalue weighted by atomic mass is 10.1. The molecule has 1 N–H and O–H groups in total. The molecule has 2 aromatic carbocycles. The van der Waals surface area contributed by atoms with Gasteiger partial charge in [0.05, 0.1) is 5.03 Å². The van der Waals surface area contributed by atoms with Gasteiger partial charge in [-0.2, -0.15) is 4.31 Å². The number of rotatable bonds is 7. The smallest absolute Gasteiger partial charge is 0.244 e. The number of benzene rings is 2. The molecule has 1 amide bonds. The second kappa shape index (κ2) is 10.1. The Bertz CT molecular complexity index is 1220. The molecule has 1 aliphatic heterocycles. The standard InChI is InChI=1S/C25H27N3O3S2/c1-18-10-11-19(2)22(16-18)27-25(29)24(20-8-4-3-5-9-20)32-23-13-12-21(17-26-23)33(30,31)28-14-6-7-15-28/h3-5,8-13,16-17,24H,6-7,14-15H2,1-2H3,(H,27,29)/t24-/m0/s1. The molecular weight excluding hydrogens is 454 g/mol. The number of nitrogens with zero attached hydrogens (tertiary/aromatic N) is 2. The summed E-state index contributed by atoms with van der Waals surface area (Å²) in [6, 6.07) is 18.7. The Balaban J connectivity index is 1.57. The number of sulfonamides is 1. The molecule has 0 aliphatic carbocycles. The van der Waals surface area contributed by atoms with Crippen molar-refractivity contribution < 1.29 is 13.2 Å². The second-order valence-electron chi connectivity index (χ2n) is 8.16. The molecule has 1 saturated heterocycles. The second-order valence-corrected chi connectivity index (χ2v) is 11.2. The van der Waals surface area contributed by atoms with Gasteiger partial charge in [-0.15, -0.1) is 0 Å². The van der Waals surface area contributed by atoms with Crippen LogP contribution in [-0.4, -0.2) is 36.7 Å². The summed E-state index contributed by atoms with van der Waals surface area (Å²) in [6.07, 6.45) is 3.16. The number of aromatic nitrogens is 1. The van der Waals surface area contributed by atoms with Gasteiger partial charge in [0, 0.05) is 25.0 Å². The van der Waals surface area contributed by atoms with Crippen molar-refractivity contribution in [1.29, 1.82) is 0 Å². The molecule has 2 heterocycles. The summed E-state index contributed by atoms with van der Waals surface area (Å²) in [4.78, 5) is 17.9. The number of nitrogens with one attached hydrogen (secondary N) is 1. The van der Waals surface area contributed by atoms with Gasteiger partial charge in [0.1, 0.15) is 10.1 Å². The fraction of sp³-hybridized carbons (Fsp3) is 0.280. The van der Waals surface area contributed by atoms with Gasteiger partial charge in [0.25, 0.3) is 0 Å². The highest BCUT2D eigenvalue weighted by molar-refractivity contribution is 8.00. The van der Waals surface area contributed by atoms with E-state index >= 15 is 0 Å². The van der Waals surface area contributed by atoms with Crippen molar-refractivity contribution in [3.05, 3.63) is 83.6 Å². The number of anilines is 1. The van der Waals surface area contributed by atoms with E-state index < -0.39 is 15.3 Å². The third-order valence-electron chi connectivity index (χ3n) is 5.64. The number of amides is 1. The van der Waals surface area contributed by atoms with Gasteiger partial charge >= 0.3 is 0 Å². The van der Waals surface area contributed by atoms with Crippen LogP contribution in [0.5, 0.6) is 0 Å². The van der Waals surface area contributed by atoms with E-state index in [2.05, 4.69) is 10.3 Å². The molecule has 6 nitrogen and oxygen atoms in total. The number of aryl methyl sites for hydroxylation is 2. The molecular formula is C25H27N3O3S2. The van der Waals surface area contributed by atoms with Crippen LogP contribution in [0, 0.1) is 13.8 Å². The van der Waals surface area contributed by atoms with Crippen LogP contribution in [0.25, 0.3) is 0 Å². The highest BCUT2D eigenvalue weighted by atomic mass is 32.2. The van der Waals surface area contributed by atoms with Gasteiger partial charge in [-0.3, -0.25) is 4.79 Å². The molecule has 3 aromatic rings. The molecule has 0 spiro atoms. The average molecular weight is 482 g/mol. The topological polar surface area (TPSA) is 79.4 Å². The maximum absolute atomic E-state index is 13.3. The highest BCUT2D eigenvalue weighted by Gasteiger charge is 2.28. The van der Waals surface area contributed by atoms with E-state index in [0.29, 0.717) is 18.1 Å². The highest BCUT2D eigenvalue weighted by Crippen LogP contribution is 2.36. The molecule has 1 atom stereocenters. The van der Waals surface area contributed by atoms with Crippen LogP contribution in [0.2, 0.25) is 0 Å². The lowest BCUT2D eigenvalue weighted by Gasteiger charge is -2.18. The van der Waals surface area contributed by atoms with Crippen molar-refractivity contribution in [2.75, 3.05) is 18.4 Å². The third kappa shape index (κ3) is 5.46. The fourth-order valence-corrected chi connectivity index (χ4v) is 6.18. The zero-order valence-electron chi connectivity index (χ0n) is 18.7. The summed E-state index contributed by atoms with van der Waals surface area (Å²) in [5.74, 6) is -0.157. The lowest BCUT2D eigenvalue weighted by molar-refractivity contribution is -0.115. The normalized spacial score (nSPS) is 15.3. The summed E-state index contributed by atoms with van der Waals surface area (Å²) in [7, 11) is -3.52. The molecule has 0 saturated carbocycles. The van der Waals surface area contributed by atoms with E-state index in [-0.39, 0.29) is 10.8 Å². The van der Waals surface area contributed by atoms with Crippen molar-refractivity contribution in [1.82, 2.24) is 9.29 Å². The van der Waals surface area contributed by atoms with Gasteiger partial charge in [0.2, 0.25) is 15.9 Å². The minimum Gasteiger partial charge on any atom is -0.325 e. The van der Waals surface area contributed by atoms with Crippen molar-refractivity contribution >= 4 is 33.4 Å². The first kappa shape index (κ1) is 23.5. The maximum atomic E-state index is 13.3. The Labute approximate surface area is 199 Å². The molecule has 1 fully saturated rings. The van der Waals surface area contributed by atoms with Crippen LogP contribution in [0.15, 0.2) is 76.8 Å². The van der Waals surface area contributed by atoms with E-state index in [4.69, 9.17) is 0 Å². The Kier molecular flexibility index (Phi) is 7.17. The van der Waals surface area contributed by atoms with Crippen LogP contribution in [-0.2, 0) is 14.8 Å². The summed E-state index contributed by atoms with van der Waals surface area (Å²) in [5, 5.41) is 3.09. The van der Waals surface area contributed by atoms with Crippen molar-refractivity contribution in [2.45, 2.75) is 41.9 Å². The maximum Gasteiger partial charge on any atom is 0.244 e. The summed E-state index contributed by atoms with van der Waals surface area (Å²) in [6.45, 7) is 5.04. The number of hydrogen-bond acceptors (Lipinski definition) is 5.